The Morgan fingerprint density at radius 3 is 2.37 bits per heavy atom. The lowest BCUT2D eigenvalue weighted by Crippen LogP contribution is -2.46. The highest BCUT2D eigenvalue weighted by Crippen LogP contribution is 2.29. The van der Waals surface area contributed by atoms with Gasteiger partial charge in [-0.05, 0) is 49.1 Å². The summed E-state index contributed by atoms with van der Waals surface area (Å²) in [6.45, 7) is 3.42. The van der Waals surface area contributed by atoms with Gasteiger partial charge in [0.2, 0.25) is 0 Å². The Bertz CT molecular complexity index is 1110. The summed E-state index contributed by atoms with van der Waals surface area (Å²) in [4.78, 5) is 35.6. The molecule has 1 N–H and O–H groups in total. The van der Waals surface area contributed by atoms with Crippen LogP contribution in [0.15, 0.2) is 58.1 Å². The van der Waals surface area contributed by atoms with Crippen molar-refractivity contribution in [3.63, 3.8) is 0 Å². The van der Waals surface area contributed by atoms with Crippen LogP contribution in [-0.2, 0) is 11.2 Å². The Morgan fingerprint density at radius 1 is 1.07 bits per heavy atom. The highest BCUT2D eigenvalue weighted by atomic mass is 16.5. The Morgan fingerprint density at radius 2 is 1.77 bits per heavy atom. The second-order valence-corrected chi connectivity index (χ2v) is 7.14. The van der Waals surface area contributed by atoms with Crippen molar-refractivity contribution in [2.45, 2.75) is 32.4 Å². The third-order valence-electron chi connectivity index (χ3n) is 4.64. The van der Waals surface area contributed by atoms with Crippen molar-refractivity contribution >= 4 is 11.7 Å². The van der Waals surface area contributed by atoms with Crippen LogP contribution in [0.1, 0.15) is 19.4 Å². The van der Waals surface area contributed by atoms with Gasteiger partial charge in [0.15, 0.2) is 5.75 Å². The first-order valence-corrected chi connectivity index (χ1v) is 9.51. The number of nitrogens with one attached hydrogen (secondary N) is 1. The SMILES string of the molecule is COc1ccc(-c2ccccc2)c(CC(Nc2c(OC(C)C)c(=O)c2=O)C(=O)[O-])c1. The van der Waals surface area contributed by atoms with Crippen molar-refractivity contribution in [3.8, 4) is 22.6 Å². The third-order valence-corrected chi connectivity index (χ3v) is 4.64. The first-order chi connectivity index (χ1) is 14.3. The quantitative estimate of drug-likeness (QED) is 0.535. The number of anilines is 1. The van der Waals surface area contributed by atoms with Gasteiger partial charge in [-0.1, -0.05) is 36.4 Å². The van der Waals surface area contributed by atoms with E-state index in [1.807, 2.05) is 36.4 Å². The van der Waals surface area contributed by atoms with Crippen LogP contribution in [0.25, 0.3) is 11.1 Å². The van der Waals surface area contributed by atoms with Crippen molar-refractivity contribution in [1.82, 2.24) is 0 Å². The second kappa shape index (κ2) is 8.82. The highest BCUT2D eigenvalue weighted by molar-refractivity contribution is 5.79. The van der Waals surface area contributed by atoms with Gasteiger partial charge in [-0.25, -0.2) is 0 Å². The fourth-order valence-corrected chi connectivity index (χ4v) is 3.20. The number of methoxy groups -OCH3 is 1. The number of hydrogen-bond acceptors (Lipinski definition) is 7. The molecule has 3 aromatic rings. The number of carboxylic acid groups (broad SMARTS) is 1. The van der Waals surface area contributed by atoms with Crippen molar-refractivity contribution < 1.29 is 19.4 Å². The molecule has 0 aliphatic rings. The molecule has 156 valence electrons. The highest BCUT2D eigenvalue weighted by Gasteiger charge is 2.26. The Hall–Kier alpha value is -3.61. The Balaban J connectivity index is 1.95. The predicted octanol–water partition coefficient (Wildman–Crippen LogP) is 1.52. The molecule has 0 aliphatic heterocycles. The van der Waals surface area contributed by atoms with Crippen LogP contribution < -0.4 is 30.8 Å². The number of carbonyl (C=O) groups excluding carboxylic acids is 1. The van der Waals surface area contributed by atoms with E-state index in [1.54, 1.807) is 26.0 Å². The van der Waals surface area contributed by atoms with Crippen molar-refractivity contribution in [3.05, 3.63) is 74.5 Å². The monoisotopic (exact) mass is 408 g/mol. The molecule has 0 bridgehead atoms. The molecule has 0 fully saturated rings. The lowest BCUT2D eigenvalue weighted by Gasteiger charge is -2.25. The molecule has 7 nitrogen and oxygen atoms in total. The lowest BCUT2D eigenvalue weighted by molar-refractivity contribution is -0.306. The molecule has 0 aromatic heterocycles. The summed E-state index contributed by atoms with van der Waals surface area (Å²) in [5.74, 6) is -0.977. The lowest BCUT2D eigenvalue weighted by atomic mass is 9.94. The van der Waals surface area contributed by atoms with Crippen molar-refractivity contribution in [1.29, 1.82) is 0 Å². The summed E-state index contributed by atoms with van der Waals surface area (Å²) in [6, 6.07) is 13.6. The zero-order valence-electron chi connectivity index (χ0n) is 16.9. The number of ether oxygens (including phenoxy) is 2. The molecule has 0 radical (unpaired) electrons. The van der Waals surface area contributed by atoms with Gasteiger partial charge in [0.1, 0.15) is 11.4 Å². The third kappa shape index (κ3) is 4.35. The maximum absolute atomic E-state index is 12.0. The van der Waals surface area contributed by atoms with Crippen LogP contribution in [0, 0.1) is 0 Å². The minimum atomic E-state index is -1.40. The number of carboxylic acids is 1. The molecular weight excluding hydrogens is 386 g/mol. The summed E-state index contributed by atoms with van der Waals surface area (Å²) in [5, 5.41) is 14.5. The van der Waals surface area contributed by atoms with E-state index in [4.69, 9.17) is 9.47 Å². The molecule has 0 saturated heterocycles. The van der Waals surface area contributed by atoms with E-state index in [0.717, 1.165) is 11.1 Å². The van der Waals surface area contributed by atoms with Gasteiger partial charge in [-0.15, -0.1) is 0 Å². The van der Waals surface area contributed by atoms with Gasteiger partial charge in [0.25, 0.3) is 10.9 Å². The minimum Gasteiger partial charge on any atom is -0.548 e. The fraction of sp³-hybridized carbons (Fsp3) is 0.261. The zero-order valence-corrected chi connectivity index (χ0v) is 16.9. The first kappa shape index (κ1) is 21.1. The van der Waals surface area contributed by atoms with E-state index < -0.39 is 22.9 Å². The molecule has 3 rings (SSSR count). The van der Waals surface area contributed by atoms with Gasteiger partial charge < -0.3 is 24.7 Å². The van der Waals surface area contributed by atoms with Crippen LogP contribution in [0.5, 0.6) is 11.5 Å². The average Bonchev–Trinajstić information content (AvgIpc) is 2.75. The summed E-state index contributed by atoms with van der Waals surface area (Å²) >= 11 is 0. The van der Waals surface area contributed by atoms with Gasteiger partial charge in [0.05, 0.1) is 25.2 Å². The van der Waals surface area contributed by atoms with E-state index in [0.29, 0.717) is 11.3 Å². The van der Waals surface area contributed by atoms with Crippen LogP contribution in [-0.4, -0.2) is 25.2 Å². The number of rotatable bonds is 9. The Kier molecular flexibility index (Phi) is 6.20. The largest absolute Gasteiger partial charge is 0.548 e. The number of benzene rings is 2. The number of aliphatic carboxylic acids is 1. The second-order valence-electron chi connectivity index (χ2n) is 7.14. The summed E-state index contributed by atoms with van der Waals surface area (Å²) in [6.07, 6.45) is -0.331. The molecule has 0 aliphatic carbocycles. The Labute approximate surface area is 173 Å². The molecule has 30 heavy (non-hydrogen) atoms. The van der Waals surface area contributed by atoms with E-state index in [-0.39, 0.29) is 24.0 Å². The molecule has 0 spiro atoms. The van der Waals surface area contributed by atoms with Gasteiger partial charge in [-0.3, -0.25) is 9.59 Å². The van der Waals surface area contributed by atoms with Gasteiger partial charge >= 0.3 is 0 Å². The summed E-state index contributed by atoms with van der Waals surface area (Å²) < 4.78 is 10.6. The smallest absolute Gasteiger partial charge is 0.272 e. The first-order valence-electron chi connectivity index (χ1n) is 9.51. The van der Waals surface area contributed by atoms with Crippen molar-refractivity contribution in [2.24, 2.45) is 0 Å². The van der Waals surface area contributed by atoms with Crippen LogP contribution in [0.3, 0.4) is 0 Å². The molecule has 1 atom stereocenters. The standard InChI is InChI=1S/C23H23NO6/c1-13(2)30-22-19(20(25)21(22)26)24-18(23(27)28)12-15-11-16(29-3)9-10-17(15)14-7-5-4-6-8-14/h4-11,13,18,24H,12H2,1-3H3,(H,27,28)/p-1. The molecular formula is C23H22NO6-. The topological polar surface area (TPSA) is 105 Å². The van der Waals surface area contributed by atoms with E-state index in [9.17, 15) is 19.5 Å². The molecule has 1 unspecified atom stereocenters. The molecule has 7 heteroatoms. The van der Waals surface area contributed by atoms with E-state index in [2.05, 4.69) is 5.32 Å². The van der Waals surface area contributed by atoms with Crippen molar-refractivity contribution in [2.75, 3.05) is 12.4 Å². The zero-order chi connectivity index (χ0) is 21.8. The number of hydrogen-bond donors (Lipinski definition) is 1. The van der Waals surface area contributed by atoms with Crippen LogP contribution in [0.4, 0.5) is 5.69 Å². The minimum absolute atomic E-state index is 0.00366. The molecule has 3 aromatic carbocycles. The van der Waals surface area contributed by atoms with Crippen LogP contribution >= 0.6 is 0 Å². The number of carbonyl (C=O) groups is 1. The molecule has 0 amide bonds. The average molecular weight is 408 g/mol. The predicted molar refractivity (Wildman–Crippen MR) is 112 cm³/mol. The summed E-state index contributed by atoms with van der Waals surface area (Å²) in [7, 11) is 1.52. The van der Waals surface area contributed by atoms with Gasteiger partial charge in [0, 0.05) is 0 Å². The molecule has 0 heterocycles. The summed E-state index contributed by atoms with van der Waals surface area (Å²) in [5.41, 5.74) is 0.720. The fourth-order valence-electron chi connectivity index (χ4n) is 3.20. The normalized spacial score (nSPS) is 12.0. The van der Waals surface area contributed by atoms with E-state index >= 15 is 0 Å². The van der Waals surface area contributed by atoms with E-state index in [1.165, 1.54) is 7.11 Å². The van der Waals surface area contributed by atoms with Crippen LogP contribution in [0.2, 0.25) is 0 Å². The maximum Gasteiger partial charge on any atom is 0.272 e. The molecule has 0 saturated carbocycles. The van der Waals surface area contributed by atoms with Gasteiger partial charge in [-0.2, -0.15) is 0 Å². The maximum atomic E-state index is 12.0.